The van der Waals surface area contributed by atoms with Crippen LogP contribution in [0.25, 0.3) is 0 Å². The average molecular weight is 504 g/mol. The number of hydrogen-bond acceptors (Lipinski definition) is 7. The van der Waals surface area contributed by atoms with Gasteiger partial charge in [0.05, 0.1) is 25.5 Å². The van der Waals surface area contributed by atoms with Gasteiger partial charge in [0.2, 0.25) is 0 Å². The zero-order valence-corrected chi connectivity index (χ0v) is 20.9. The van der Waals surface area contributed by atoms with Gasteiger partial charge < -0.3 is 19.5 Å². The van der Waals surface area contributed by atoms with Gasteiger partial charge in [-0.05, 0) is 79.1 Å². The van der Waals surface area contributed by atoms with Crippen LogP contribution in [0.4, 0.5) is 5.69 Å². The summed E-state index contributed by atoms with van der Waals surface area (Å²) in [6, 6.07) is 18.5. The number of hydrogen-bond donors (Lipinski definition) is 2. The van der Waals surface area contributed by atoms with Crippen molar-refractivity contribution in [3.8, 4) is 17.2 Å². The van der Waals surface area contributed by atoms with Gasteiger partial charge in [0, 0.05) is 5.69 Å². The Bertz CT molecular complexity index is 1270. The Morgan fingerprint density at radius 1 is 0.946 bits per heavy atom. The molecule has 3 aromatic carbocycles. The molecule has 0 aromatic heterocycles. The number of nitrogens with one attached hydrogen (secondary N) is 2. The van der Waals surface area contributed by atoms with Crippen molar-refractivity contribution in [2.75, 3.05) is 19.0 Å². The van der Waals surface area contributed by atoms with Crippen molar-refractivity contribution in [2.45, 2.75) is 26.7 Å². The number of methoxy groups -OCH3 is 1. The van der Waals surface area contributed by atoms with Gasteiger partial charge in [-0.2, -0.15) is 5.10 Å². The van der Waals surface area contributed by atoms with E-state index in [1.54, 1.807) is 60.7 Å². The van der Waals surface area contributed by atoms with E-state index < -0.39 is 17.8 Å². The van der Waals surface area contributed by atoms with Crippen molar-refractivity contribution in [1.29, 1.82) is 0 Å². The monoisotopic (exact) mass is 503 g/mol. The summed E-state index contributed by atoms with van der Waals surface area (Å²) in [5, 5.41) is 6.31. The molecule has 0 bridgehead atoms. The molecule has 2 amide bonds. The maximum absolute atomic E-state index is 12.6. The first-order valence-corrected chi connectivity index (χ1v) is 11.7. The van der Waals surface area contributed by atoms with Crippen LogP contribution in [0.2, 0.25) is 0 Å². The number of esters is 1. The van der Waals surface area contributed by atoms with E-state index in [2.05, 4.69) is 22.8 Å². The largest absolute Gasteiger partial charge is 0.494 e. The van der Waals surface area contributed by atoms with Crippen LogP contribution in [0.5, 0.6) is 17.2 Å². The SMILES string of the molecule is CCCCOc1ccc(C(=O)Oc2ccc(/C=N/NC(=O)C(=O)Nc3cccc(C)c3)cc2OC)cc1. The van der Waals surface area contributed by atoms with E-state index in [9.17, 15) is 14.4 Å². The average Bonchev–Trinajstić information content (AvgIpc) is 2.89. The van der Waals surface area contributed by atoms with Gasteiger partial charge in [-0.1, -0.05) is 25.5 Å². The lowest BCUT2D eigenvalue weighted by atomic mass is 10.2. The van der Waals surface area contributed by atoms with Gasteiger partial charge in [-0.25, -0.2) is 10.2 Å². The standard InChI is InChI=1S/C28H29N3O6/c1-4-5-15-36-23-12-10-21(11-13-23)28(34)37-24-14-9-20(17-25(24)35-3)18-29-31-27(33)26(32)30-22-8-6-7-19(2)16-22/h6-14,16-18H,4-5,15H2,1-3H3,(H,30,32)(H,31,33)/b29-18+. The Morgan fingerprint density at radius 2 is 1.73 bits per heavy atom. The van der Waals surface area contributed by atoms with Crippen molar-refractivity contribution in [3.05, 3.63) is 83.4 Å². The highest BCUT2D eigenvalue weighted by atomic mass is 16.6. The first-order chi connectivity index (χ1) is 17.9. The summed E-state index contributed by atoms with van der Waals surface area (Å²) < 4.78 is 16.4. The lowest BCUT2D eigenvalue weighted by Gasteiger charge is -2.10. The molecule has 0 fully saturated rings. The quantitative estimate of drug-likeness (QED) is 0.105. The van der Waals surface area contributed by atoms with Crippen LogP contribution in [-0.2, 0) is 9.59 Å². The van der Waals surface area contributed by atoms with E-state index in [0.29, 0.717) is 34.9 Å². The molecule has 0 aliphatic rings. The fourth-order valence-electron chi connectivity index (χ4n) is 3.16. The molecule has 0 aliphatic heterocycles. The van der Waals surface area contributed by atoms with Gasteiger partial charge in [-0.3, -0.25) is 9.59 Å². The highest BCUT2D eigenvalue weighted by Gasteiger charge is 2.14. The molecular formula is C28H29N3O6. The van der Waals surface area contributed by atoms with Gasteiger partial charge in [-0.15, -0.1) is 0 Å². The highest BCUT2D eigenvalue weighted by Crippen LogP contribution is 2.28. The summed E-state index contributed by atoms with van der Waals surface area (Å²) in [7, 11) is 1.44. The summed E-state index contributed by atoms with van der Waals surface area (Å²) in [4.78, 5) is 36.6. The van der Waals surface area contributed by atoms with E-state index in [-0.39, 0.29) is 5.75 Å². The minimum Gasteiger partial charge on any atom is -0.494 e. The molecule has 9 heteroatoms. The molecular weight excluding hydrogens is 474 g/mol. The number of benzene rings is 3. The highest BCUT2D eigenvalue weighted by molar-refractivity contribution is 6.39. The smallest absolute Gasteiger partial charge is 0.343 e. The lowest BCUT2D eigenvalue weighted by molar-refractivity contribution is -0.136. The number of rotatable bonds is 10. The lowest BCUT2D eigenvalue weighted by Crippen LogP contribution is -2.32. The van der Waals surface area contributed by atoms with Crippen molar-refractivity contribution in [2.24, 2.45) is 5.10 Å². The van der Waals surface area contributed by atoms with Crippen molar-refractivity contribution >= 4 is 29.7 Å². The predicted molar refractivity (Wildman–Crippen MR) is 140 cm³/mol. The zero-order valence-electron chi connectivity index (χ0n) is 20.9. The Hall–Kier alpha value is -4.66. The third-order valence-electron chi connectivity index (χ3n) is 5.11. The summed E-state index contributed by atoms with van der Waals surface area (Å²) in [6.07, 6.45) is 3.33. The van der Waals surface area contributed by atoms with Crippen molar-refractivity contribution in [3.63, 3.8) is 0 Å². The van der Waals surface area contributed by atoms with Crippen LogP contribution in [0, 0.1) is 6.92 Å². The number of anilines is 1. The maximum Gasteiger partial charge on any atom is 0.343 e. The Balaban J connectivity index is 1.56. The number of carbonyl (C=O) groups excluding carboxylic acids is 3. The van der Waals surface area contributed by atoms with E-state index >= 15 is 0 Å². The fraction of sp³-hybridized carbons (Fsp3) is 0.214. The van der Waals surface area contributed by atoms with E-state index in [1.165, 1.54) is 13.3 Å². The van der Waals surface area contributed by atoms with Crippen LogP contribution < -0.4 is 25.0 Å². The summed E-state index contributed by atoms with van der Waals surface area (Å²) in [5.74, 6) is -1.12. The number of nitrogens with zero attached hydrogens (tertiary/aromatic N) is 1. The number of ether oxygens (including phenoxy) is 3. The number of carbonyl (C=O) groups is 3. The van der Waals surface area contributed by atoms with Crippen LogP contribution >= 0.6 is 0 Å². The van der Waals surface area contributed by atoms with Crippen molar-refractivity contribution in [1.82, 2.24) is 5.43 Å². The molecule has 0 spiro atoms. The first kappa shape index (κ1) is 26.9. The van der Waals surface area contributed by atoms with Crippen LogP contribution in [0.3, 0.4) is 0 Å². The number of amides is 2. The topological polar surface area (TPSA) is 115 Å². The van der Waals surface area contributed by atoms with Gasteiger partial charge in [0.1, 0.15) is 5.75 Å². The molecule has 2 N–H and O–H groups in total. The minimum atomic E-state index is -0.919. The molecule has 9 nitrogen and oxygen atoms in total. The normalized spacial score (nSPS) is 10.6. The van der Waals surface area contributed by atoms with Crippen LogP contribution in [-0.4, -0.2) is 37.7 Å². The number of aryl methyl sites for hydroxylation is 1. The van der Waals surface area contributed by atoms with Crippen LogP contribution in [0.1, 0.15) is 41.3 Å². The molecule has 192 valence electrons. The van der Waals surface area contributed by atoms with Crippen LogP contribution in [0.15, 0.2) is 71.8 Å². The first-order valence-electron chi connectivity index (χ1n) is 11.7. The maximum atomic E-state index is 12.6. The third kappa shape index (κ3) is 8.21. The number of unbranched alkanes of at least 4 members (excludes halogenated alkanes) is 1. The van der Waals surface area contributed by atoms with Gasteiger partial charge >= 0.3 is 17.8 Å². The summed E-state index contributed by atoms with van der Waals surface area (Å²) in [5.41, 5.74) is 4.54. The van der Waals surface area contributed by atoms with Gasteiger partial charge in [0.25, 0.3) is 0 Å². The molecule has 37 heavy (non-hydrogen) atoms. The Kier molecular flexibility index (Phi) is 9.78. The fourth-order valence-corrected chi connectivity index (χ4v) is 3.16. The molecule has 0 aliphatic carbocycles. The molecule has 0 heterocycles. The molecule has 0 radical (unpaired) electrons. The van der Waals surface area contributed by atoms with Gasteiger partial charge in [0.15, 0.2) is 11.5 Å². The molecule has 3 rings (SSSR count). The predicted octanol–water partition coefficient (Wildman–Crippen LogP) is 4.49. The molecule has 0 unspecified atom stereocenters. The van der Waals surface area contributed by atoms with E-state index in [1.807, 2.05) is 13.0 Å². The molecule has 0 saturated heterocycles. The van der Waals surface area contributed by atoms with E-state index in [0.717, 1.165) is 18.4 Å². The second kappa shape index (κ2) is 13.4. The Morgan fingerprint density at radius 3 is 2.43 bits per heavy atom. The summed E-state index contributed by atoms with van der Waals surface area (Å²) >= 11 is 0. The zero-order chi connectivity index (χ0) is 26.6. The number of hydrazone groups is 1. The second-order valence-electron chi connectivity index (χ2n) is 8.05. The van der Waals surface area contributed by atoms with E-state index in [4.69, 9.17) is 14.2 Å². The van der Waals surface area contributed by atoms with Crippen molar-refractivity contribution < 1.29 is 28.6 Å². The molecule has 3 aromatic rings. The minimum absolute atomic E-state index is 0.217. The molecule has 0 saturated carbocycles. The summed E-state index contributed by atoms with van der Waals surface area (Å²) in [6.45, 7) is 4.59. The second-order valence-corrected chi connectivity index (χ2v) is 8.05. The third-order valence-corrected chi connectivity index (χ3v) is 5.11. The Labute approximate surface area is 215 Å². The molecule has 0 atom stereocenters.